The Morgan fingerprint density at radius 3 is 2.76 bits per heavy atom. The molecule has 1 aromatic heterocycles. The van der Waals surface area contributed by atoms with Gasteiger partial charge in [0.1, 0.15) is 11.6 Å². The van der Waals surface area contributed by atoms with Crippen LogP contribution in [0.3, 0.4) is 0 Å². The van der Waals surface area contributed by atoms with Crippen LogP contribution in [-0.2, 0) is 18.6 Å². The number of nitrogen functional groups attached to an aromatic ring is 1. The molecule has 1 heterocycles. The largest absolute Gasteiger partial charge is 0.383 e. The van der Waals surface area contributed by atoms with E-state index < -0.39 is 0 Å². The number of thioether (sulfide) groups is 1. The van der Waals surface area contributed by atoms with E-state index in [1.165, 1.54) is 24.8 Å². The van der Waals surface area contributed by atoms with E-state index in [0.29, 0.717) is 11.6 Å². The minimum atomic E-state index is 0.664. The van der Waals surface area contributed by atoms with Crippen LogP contribution in [0.2, 0.25) is 5.02 Å². The monoisotopic (exact) mass is 319 g/mol. The Bertz CT molecular complexity index is 645. The highest BCUT2D eigenvalue weighted by molar-refractivity contribution is 7.98. The molecule has 0 atom stereocenters. The van der Waals surface area contributed by atoms with Gasteiger partial charge < -0.3 is 5.73 Å². The fourth-order valence-electron chi connectivity index (χ4n) is 2.62. The van der Waals surface area contributed by atoms with Gasteiger partial charge in [-0.3, -0.25) is 0 Å². The summed E-state index contributed by atoms with van der Waals surface area (Å²) < 4.78 is 0. The molecule has 0 amide bonds. The van der Waals surface area contributed by atoms with Crippen molar-refractivity contribution in [2.24, 2.45) is 0 Å². The second-order valence-electron chi connectivity index (χ2n) is 5.23. The molecule has 0 radical (unpaired) electrons. The number of aryl methyl sites for hydroxylation is 1. The molecular weight excluding hydrogens is 302 g/mol. The number of halogens is 1. The van der Waals surface area contributed by atoms with E-state index in [1.807, 2.05) is 24.3 Å². The van der Waals surface area contributed by atoms with E-state index in [2.05, 4.69) is 4.98 Å². The predicted octanol–water partition coefficient (Wildman–Crippen LogP) is 4.27. The first-order chi connectivity index (χ1) is 10.2. The third-order valence-electron chi connectivity index (χ3n) is 3.70. The van der Waals surface area contributed by atoms with Crippen molar-refractivity contribution in [3.8, 4) is 0 Å². The molecule has 0 fully saturated rings. The van der Waals surface area contributed by atoms with Gasteiger partial charge in [0.2, 0.25) is 0 Å². The fourth-order valence-corrected chi connectivity index (χ4v) is 3.72. The first-order valence-electron chi connectivity index (χ1n) is 7.25. The molecule has 2 N–H and O–H groups in total. The lowest BCUT2D eigenvalue weighted by Crippen LogP contribution is -2.08. The van der Waals surface area contributed by atoms with Crippen LogP contribution in [0, 0.1) is 0 Å². The van der Waals surface area contributed by atoms with Crippen molar-refractivity contribution in [1.82, 2.24) is 9.97 Å². The number of nitrogens with two attached hydrogens (primary N) is 1. The minimum Gasteiger partial charge on any atom is -0.383 e. The molecule has 3 nitrogen and oxygen atoms in total. The summed E-state index contributed by atoms with van der Waals surface area (Å²) in [4.78, 5) is 10.3. The molecule has 0 bridgehead atoms. The Balaban J connectivity index is 1.79. The Hall–Kier alpha value is -1.26. The first kappa shape index (κ1) is 14.7. The number of anilines is 1. The molecule has 3 rings (SSSR count). The van der Waals surface area contributed by atoms with E-state index in [0.717, 1.165) is 34.3 Å². The van der Waals surface area contributed by atoms with Crippen molar-refractivity contribution in [3.05, 3.63) is 46.4 Å². The molecule has 0 spiro atoms. The summed E-state index contributed by atoms with van der Waals surface area (Å²) in [5, 5.41) is 0.769. The lowest BCUT2D eigenvalue weighted by Gasteiger charge is -2.10. The summed E-state index contributed by atoms with van der Waals surface area (Å²) in [6, 6.07) is 7.83. The summed E-state index contributed by atoms with van der Waals surface area (Å²) >= 11 is 7.82. The van der Waals surface area contributed by atoms with Crippen LogP contribution < -0.4 is 5.73 Å². The molecule has 21 heavy (non-hydrogen) atoms. The van der Waals surface area contributed by atoms with Crippen LogP contribution in [0.15, 0.2) is 29.2 Å². The lowest BCUT2D eigenvalue weighted by molar-refractivity contribution is 0.708. The van der Waals surface area contributed by atoms with Crippen LogP contribution in [0.5, 0.6) is 0 Å². The molecule has 1 aromatic carbocycles. The smallest absolute Gasteiger partial charge is 0.141 e. The summed E-state index contributed by atoms with van der Waals surface area (Å²) in [5.41, 5.74) is 8.44. The molecule has 0 saturated heterocycles. The van der Waals surface area contributed by atoms with Gasteiger partial charge in [-0.05, 0) is 37.8 Å². The number of hydrogen-bond donors (Lipinski definition) is 1. The van der Waals surface area contributed by atoms with Gasteiger partial charge in [0, 0.05) is 16.2 Å². The Labute approximate surface area is 134 Å². The van der Waals surface area contributed by atoms with Gasteiger partial charge >= 0.3 is 0 Å². The van der Waals surface area contributed by atoms with Gasteiger partial charge in [0.25, 0.3) is 0 Å². The van der Waals surface area contributed by atoms with Gasteiger partial charge in [-0.25, -0.2) is 9.97 Å². The maximum absolute atomic E-state index is 6.17. The molecule has 110 valence electrons. The maximum Gasteiger partial charge on any atom is 0.141 e. The van der Waals surface area contributed by atoms with Crippen LogP contribution in [0.4, 0.5) is 5.82 Å². The molecule has 5 heteroatoms. The number of benzene rings is 1. The van der Waals surface area contributed by atoms with Gasteiger partial charge in [-0.2, -0.15) is 0 Å². The van der Waals surface area contributed by atoms with Gasteiger partial charge in [-0.1, -0.05) is 30.2 Å². The predicted molar refractivity (Wildman–Crippen MR) is 88.7 cm³/mol. The highest BCUT2D eigenvalue weighted by atomic mass is 35.5. The third kappa shape index (κ3) is 3.50. The standard InChI is InChI=1S/C16H18ClN3S/c17-12-7-4-5-9-14(12)21-10-15-19-13-8-3-1-2-6-11(13)16(18)20-15/h4-5,7,9H,1-3,6,8,10H2,(H2,18,19,20). The second kappa shape index (κ2) is 6.67. The number of aromatic nitrogens is 2. The molecule has 2 aromatic rings. The van der Waals surface area contributed by atoms with Crippen molar-refractivity contribution >= 4 is 29.2 Å². The molecule has 0 unspecified atom stereocenters. The quantitative estimate of drug-likeness (QED) is 0.678. The van der Waals surface area contributed by atoms with Gasteiger partial charge in [0.05, 0.1) is 10.8 Å². The average Bonchev–Trinajstić information content (AvgIpc) is 2.72. The molecule has 0 saturated carbocycles. The number of rotatable bonds is 3. The molecule has 1 aliphatic rings. The van der Waals surface area contributed by atoms with E-state index in [-0.39, 0.29) is 0 Å². The second-order valence-corrected chi connectivity index (χ2v) is 6.65. The van der Waals surface area contributed by atoms with Crippen LogP contribution in [-0.4, -0.2) is 9.97 Å². The highest BCUT2D eigenvalue weighted by Gasteiger charge is 2.15. The first-order valence-corrected chi connectivity index (χ1v) is 8.62. The average molecular weight is 320 g/mol. The van der Waals surface area contributed by atoms with Crippen molar-refractivity contribution in [2.75, 3.05) is 5.73 Å². The lowest BCUT2D eigenvalue weighted by atomic mass is 10.1. The fraction of sp³-hybridized carbons (Fsp3) is 0.375. The van der Waals surface area contributed by atoms with Crippen molar-refractivity contribution in [3.63, 3.8) is 0 Å². The highest BCUT2D eigenvalue weighted by Crippen LogP contribution is 2.30. The molecular formula is C16H18ClN3S. The minimum absolute atomic E-state index is 0.664. The Kier molecular flexibility index (Phi) is 4.66. The zero-order valence-corrected chi connectivity index (χ0v) is 13.4. The van der Waals surface area contributed by atoms with Crippen molar-refractivity contribution in [1.29, 1.82) is 0 Å². The summed E-state index contributed by atoms with van der Waals surface area (Å²) in [7, 11) is 0. The van der Waals surface area contributed by atoms with Crippen molar-refractivity contribution in [2.45, 2.75) is 42.8 Å². The summed E-state index contributed by atoms with van der Waals surface area (Å²) in [6.45, 7) is 0. The Morgan fingerprint density at radius 2 is 1.90 bits per heavy atom. The normalized spacial score (nSPS) is 14.5. The van der Waals surface area contributed by atoms with E-state index in [4.69, 9.17) is 22.3 Å². The van der Waals surface area contributed by atoms with Crippen LogP contribution in [0.25, 0.3) is 0 Å². The molecule has 1 aliphatic carbocycles. The number of hydrogen-bond acceptors (Lipinski definition) is 4. The molecule has 0 aliphatic heterocycles. The summed E-state index contributed by atoms with van der Waals surface area (Å²) in [5.74, 6) is 2.16. The topological polar surface area (TPSA) is 51.8 Å². The third-order valence-corrected chi connectivity index (χ3v) is 5.22. The SMILES string of the molecule is Nc1nc(CSc2ccccc2Cl)nc2c1CCCCC2. The number of nitrogens with zero attached hydrogens (tertiary/aromatic N) is 2. The van der Waals surface area contributed by atoms with Gasteiger partial charge in [-0.15, -0.1) is 11.8 Å². The Morgan fingerprint density at radius 1 is 1.10 bits per heavy atom. The van der Waals surface area contributed by atoms with Crippen molar-refractivity contribution < 1.29 is 0 Å². The number of fused-ring (bicyclic) bond motifs is 1. The van der Waals surface area contributed by atoms with Gasteiger partial charge in [0.15, 0.2) is 0 Å². The zero-order chi connectivity index (χ0) is 14.7. The zero-order valence-electron chi connectivity index (χ0n) is 11.8. The van der Waals surface area contributed by atoms with E-state index in [9.17, 15) is 0 Å². The summed E-state index contributed by atoms with van der Waals surface area (Å²) in [6.07, 6.45) is 5.67. The van der Waals surface area contributed by atoms with E-state index >= 15 is 0 Å². The van der Waals surface area contributed by atoms with Crippen LogP contribution >= 0.6 is 23.4 Å². The van der Waals surface area contributed by atoms with Crippen LogP contribution in [0.1, 0.15) is 36.3 Å². The maximum atomic E-state index is 6.17. The van der Waals surface area contributed by atoms with E-state index in [1.54, 1.807) is 11.8 Å².